The minimum atomic E-state index is -1.23. The number of aliphatic carboxylic acids is 1. The van der Waals surface area contributed by atoms with Crippen LogP contribution in [0.1, 0.15) is 29.0 Å². The highest BCUT2D eigenvalue weighted by atomic mass is 28.3. The van der Waals surface area contributed by atoms with Crippen LogP contribution < -0.4 is 4.90 Å². The number of carboxylic acids is 1. The average molecular weight is 402 g/mol. The van der Waals surface area contributed by atoms with Crippen molar-refractivity contribution < 1.29 is 19.4 Å². The largest absolute Gasteiger partial charge is 0.481 e. The predicted molar refractivity (Wildman–Crippen MR) is 110 cm³/mol. The third-order valence-corrected chi connectivity index (χ3v) is 5.97. The summed E-state index contributed by atoms with van der Waals surface area (Å²) in [6.45, 7) is 9.04. The Balaban J connectivity index is 2.15. The van der Waals surface area contributed by atoms with Gasteiger partial charge in [0.05, 0.1) is 5.92 Å². The van der Waals surface area contributed by atoms with Gasteiger partial charge in [-0.05, 0) is 25.1 Å². The molecule has 0 radical (unpaired) electrons. The van der Waals surface area contributed by atoms with Gasteiger partial charge in [-0.1, -0.05) is 37.8 Å². The molecule has 2 aromatic rings. The lowest BCUT2D eigenvalue weighted by atomic mass is 10.1. The van der Waals surface area contributed by atoms with Gasteiger partial charge in [-0.25, -0.2) is 9.97 Å². The monoisotopic (exact) mass is 401 g/mol. The summed E-state index contributed by atoms with van der Waals surface area (Å²) in [5.41, 5.74) is 1.13. The van der Waals surface area contributed by atoms with E-state index < -0.39 is 25.9 Å². The van der Waals surface area contributed by atoms with Crippen LogP contribution in [-0.4, -0.2) is 48.4 Å². The zero-order chi connectivity index (χ0) is 20.7. The molecular formula is C20H27N3O4Si. The number of nitrogens with zero attached hydrogens (tertiary/aromatic N) is 3. The van der Waals surface area contributed by atoms with Crippen molar-refractivity contribution in [1.82, 2.24) is 9.97 Å². The molecular weight excluding hydrogens is 374 g/mol. The van der Waals surface area contributed by atoms with Crippen LogP contribution >= 0.6 is 0 Å². The van der Waals surface area contributed by atoms with E-state index in [1.807, 2.05) is 30.3 Å². The van der Waals surface area contributed by atoms with Crippen LogP contribution in [0.3, 0.4) is 0 Å². The molecule has 1 heterocycles. The first-order chi connectivity index (χ1) is 13.2. The molecule has 7 nitrogen and oxygen atoms in total. The fraction of sp³-hybridized carbons (Fsp3) is 0.400. The van der Waals surface area contributed by atoms with Crippen LogP contribution in [0, 0.1) is 0 Å². The number of amides is 1. The molecule has 1 aromatic carbocycles. The van der Waals surface area contributed by atoms with Crippen LogP contribution in [0.25, 0.3) is 0 Å². The van der Waals surface area contributed by atoms with Crippen LogP contribution in [0.5, 0.6) is 0 Å². The molecule has 0 spiro atoms. The zero-order valence-electron chi connectivity index (χ0n) is 16.8. The van der Waals surface area contributed by atoms with E-state index in [0.29, 0.717) is 17.9 Å². The first kappa shape index (κ1) is 21.7. The Bertz CT molecular complexity index is 791. The van der Waals surface area contributed by atoms with Crippen molar-refractivity contribution in [1.29, 1.82) is 0 Å². The number of carbonyl (C=O) groups is 2. The summed E-state index contributed by atoms with van der Waals surface area (Å²) in [5, 5.41) is 9.08. The summed E-state index contributed by atoms with van der Waals surface area (Å²) in [6.07, 6.45) is 2.77. The molecule has 8 heteroatoms. The Morgan fingerprint density at radius 3 is 2.29 bits per heavy atom. The van der Waals surface area contributed by atoms with Gasteiger partial charge in [-0.15, -0.1) is 0 Å². The van der Waals surface area contributed by atoms with Gasteiger partial charge in [0.25, 0.3) is 5.91 Å². The van der Waals surface area contributed by atoms with E-state index in [1.165, 1.54) is 17.3 Å². The molecule has 0 fully saturated rings. The molecule has 1 N–H and O–H groups in total. The second-order valence-corrected chi connectivity index (χ2v) is 13.4. The van der Waals surface area contributed by atoms with Crippen LogP contribution in [-0.2, 0) is 9.53 Å². The standard InChI is InChI=1S/C20H27N3O4Si/c1-15(20(25)26)16-12-21-18(22-13-16)19(24)23(17-8-6-5-7-9-17)14-27-10-11-28(2,3)4/h5-9,12-13,15H,10-11,14H2,1-4H3,(H,25,26). The van der Waals surface area contributed by atoms with Crippen molar-refractivity contribution in [2.75, 3.05) is 18.2 Å². The summed E-state index contributed by atoms with van der Waals surface area (Å²) in [6, 6.07) is 10.2. The van der Waals surface area contributed by atoms with E-state index in [9.17, 15) is 9.59 Å². The third-order valence-electron chi connectivity index (χ3n) is 4.26. The molecule has 28 heavy (non-hydrogen) atoms. The predicted octanol–water partition coefficient (Wildman–Crippen LogP) is 3.62. The maximum Gasteiger partial charge on any atom is 0.310 e. The number of hydrogen-bond donors (Lipinski definition) is 1. The second-order valence-electron chi connectivity index (χ2n) is 7.82. The minimum Gasteiger partial charge on any atom is -0.481 e. The quantitative estimate of drug-likeness (QED) is 0.392. The number of rotatable bonds is 9. The van der Waals surface area contributed by atoms with Crippen LogP contribution in [0.2, 0.25) is 25.7 Å². The average Bonchev–Trinajstić information content (AvgIpc) is 2.67. The number of carbonyl (C=O) groups excluding carboxylic acids is 1. The Morgan fingerprint density at radius 1 is 1.14 bits per heavy atom. The maximum atomic E-state index is 13.0. The van der Waals surface area contributed by atoms with Crippen LogP contribution in [0.4, 0.5) is 5.69 Å². The van der Waals surface area contributed by atoms with Gasteiger partial charge in [0.2, 0.25) is 5.82 Å². The molecule has 1 atom stereocenters. The Morgan fingerprint density at radius 2 is 1.75 bits per heavy atom. The zero-order valence-corrected chi connectivity index (χ0v) is 17.8. The normalized spacial score (nSPS) is 12.4. The van der Waals surface area contributed by atoms with Gasteiger partial charge in [0.1, 0.15) is 6.73 Å². The summed E-state index contributed by atoms with van der Waals surface area (Å²) >= 11 is 0. The lowest BCUT2D eigenvalue weighted by molar-refractivity contribution is -0.138. The van der Waals surface area contributed by atoms with Crippen molar-refractivity contribution in [3.8, 4) is 0 Å². The smallest absolute Gasteiger partial charge is 0.310 e. The molecule has 0 aliphatic carbocycles. The summed E-state index contributed by atoms with van der Waals surface area (Å²) in [7, 11) is -1.23. The van der Waals surface area contributed by atoms with Gasteiger partial charge >= 0.3 is 5.97 Å². The minimum absolute atomic E-state index is 0.000937. The topological polar surface area (TPSA) is 92.6 Å². The van der Waals surface area contributed by atoms with E-state index in [4.69, 9.17) is 9.84 Å². The van der Waals surface area contributed by atoms with Gasteiger partial charge in [0, 0.05) is 38.3 Å². The van der Waals surface area contributed by atoms with E-state index in [1.54, 1.807) is 6.92 Å². The number of benzene rings is 1. The number of hydrogen-bond acceptors (Lipinski definition) is 5. The van der Waals surface area contributed by atoms with E-state index >= 15 is 0 Å². The maximum absolute atomic E-state index is 13.0. The second kappa shape index (κ2) is 9.56. The van der Waals surface area contributed by atoms with Gasteiger partial charge in [-0.2, -0.15) is 0 Å². The molecule has 0 bridgehead atoms. The van der Waals surface area contributed by atoms with Gasteiger partial charge in [-0.3, -0.25) is 14.5 Å². The van der Waals surface area contributed by atoms with Crippen molar-refractivity contribution in [2.24, 2.45) is 0 Å². The highest BCUT2D eigenvalue weighted by Crippen LogP contribution is 2.18. The van der Waals surface area contributed by atoms with Crippen LogP contribution in [0.15, 0.2) is 42.7 Å². The van der Waals surface area contributed by atoms with Gasteiger partial charge < -0.3 is 9.84 Å². The fourth-order valence-electron chi connectivity index (χ4n) is 2.33. The number of ether oxygens (including phenoxy) is 1. The highest BCUT2D eigenvalue weighted by Gasteiger charge is 2.22. The third kappa shape index (κ3) is 6.24. The van der Waals surface area contributed by atoms with E-state index in [-0.39, 0.29) is 12.6 Å². The van der Waals surface area contributed by atoms with E-state index in [0.717, 1.165) is 6.04 Å². The Kier molecular flexibility index (Phi) is 7.42. The first-order valence-electron chi connectivity index (χ1n) is 9.18. The van der Waals surface area contributed by atoms with Crippen molar-refractivity contribution in [3.63, 3.8) is 0 Å². The fourth-order valence-corrected chi connectivity index (χ4v) is 3.08. The lowest BCUT2D eigenvalue weighted by Crippen LogP contribution is -2.35. The lowest BCUT2D eigenvalue weighted by Gasteiger charge is -2.23. The highest BCUT2D eigenvalue weighted by molar-refractivity contribution is 6.76. The van der Waals surface area contributed by atoms with Crippen molar-refractivity contribution in [2.45, 2.75) is 38.5 Å². The molecule has 1 aromatic heterocycles. The molecule has 0 saturated carbocycles. The summed E-state index contributed by atoms with van der Waals surface area (Å²) < 4.78 is 5.77. The first-order valence-corrected chi connectivity index (χ1v) is 12.9. The summed E-state index contributed by atoms with van der Waals surface area (Å²) in [4.78, 5) is 33.7. The molecule has 1 amide bonds. The van der Waals surface area contributed by atoms with Crippen molar-refractivity contribution >= 4 is 25.6 Å². The SMILES string of the molecule is CC(C(=O)O)c1cnc(C(=O)N(COCC[Si](C)(C)C)c2ccccc2)nc1. The van der Waals surface area contributed by atoms with Crippen molar-refractivity contribution in [3.05, 3.63) is 54.1 Å². The molecule has 150 valence electrons. The Hall–Kier alpha value is -2.58. The number of para-hydroxylation sites is 1. The molecule has 0 aliphatic rings. The van der Waals surface area contributed by atoms with Gasteiger partial charge in [0.15, 0.2) is 0 Å². The number of aromatic nitrogens is 2. The Labute approximate surface area is 166 Å². The molecule has 0 saturated heterocycles. The molecule has 2 rings (SSSR count). The molecule has 1 unspecified atom stereocenters. The van der Waals surface area contributed by atoms with E-state index in [2.05, 4.69) is 29.6 Å². The molecule has 0 aliphatic heterocycles. The number of carboxylic acid groups (broad SMARTS) is 1. The number of anilines is 1. The summed E-state index contributed by atoms with van der Waals surface area (Å²) in [5.74, 6) is -2.10.